The number of hydrogen-bond donors (Lipinski definition) is 5. The monoisotopic (exact) mass is 1040 g/mol. The number of rotatable bonds is 7. The number of methoxy groups -OCH3 is 1. The Morgan fingerprint density at radius 3 is 2.25 bits per heavy atom. The lowest BCUT2D eigenvalue weighted by Crippen LogP contribution is -2.47. The number of allylic oxidation sites excluding steroid dienone is 2. The van der Waals surface area contributed by atoms with Crippen molar-refractivity contribution in [1.29, 1.82) is 0 Å². The smallest absolute Gasteiger partial charge is 0.320 e. The lowest BCUT2D eigenvalue weighted by molar-refractivity contribution is -0.164. The highest BCUT2D eigenvalue weighted by Gasteiger charge is 2.50. The number of nitrogens with zero attached hydrogens (tertiary/aromatic N) is 5. The van der Waals surface area contributed by atoms with Crippen molar-refractivity contribution in [3.05, 3.63) is 88.1 Å². The first-order valence-corrected chi connectivity index (χ1v) is 26.4. The average Bonchev–Trinajstić information content (AvgIpc) is 3.76. The number of aromatic hydroxyl groups is 2. The largest absolute Gasteiger partial charge is 0.507 e. The molecular formula is C57H75FN6O11. The van der Waals surface area contributed by atoms with Gasteiger partial charge in [-0.05, 0) is 56.5 Å². The number of piperidine rings is 1. The maximum Gasteiger partial charge on any atom is 0.320 e. The molecule has 9 rings (SSSR count). The van der Waals surface area contributed by atoms with Crippen LogP contribution in [0.3, 0.4) is 0 Å². The van der Waals surface area contributed by atoms with E-state index < -0.39 is 82.9 Å². The van der Waals surface area contributed by atoms with Crippen molar-refractivity contribution in [2.24, 2.45) is 39.6 Å². The fourth-order valence-electron chi connectivity index (χ4n) is 11.4. The van der Waals surface area contributed by atoms with Crippen molar-refractivity contribution in [1.82, 2.24) is 9.80 Å². The van der Waals surface area contributed by atoms with Crippen LogP contribution in [0.15, 0.2) is 70.4 Å². The molecule has 0 unspecified atom stereocenters. The number of benzene rings is 3. The molecule has 1 spiro atoms. The maximum atomic E-state index is 15.0. The molecule has 0 radical (unpaired) electrons. The number of aliphatic hydroxyl groups excluding tert-OH is 2. The first kappa shape index (κ1) is 55.3. The highest BCUT2D eigenvalue weighted by atomic mass is 19.1. The van der Waals surface area contributed by atoms with Crippen LogP contribution >= 0.6 is 0 Å². The van der Waals surface area contributed by atoms with Gasteiger partial charge < -0.3 is 54.5 Å². The van der Waals surface area contributed by atoms with E-state index in [0.717, 1.165) is 25.2 Å². The Bertz CT molecular complexity index is 2880. The summed E-state index contributed by atoms with van der Waals surface area (Å²) in [6, 6.07) is 6.35. The zero-order valence-electron chi connectivity index (χ0n) is 44.9. The lowest BCUT2D eigenvalue weighted by Gasteiger charge is -2.38. The number of nitrogens with one attached hydrogen (secondary N) is 1. The van der Waals surface area contributed by atoms with Crippen molar-refractivity contribution >= 4 is 39.8 Å². The molecule has 3 aromatic rings. The Balaban J connectivity index is 1.16. The third-order valence-electron chi connectivity index (χ3n) is 16.0. The van der Waals surface area contributed by atoms with Gasteiger partial charge >= 0.3 is 11.8 Å². The number of amides is 1. The van der Waals surface area contributed by atoms with Crippen molar-refractivity contribution in [3.63, 3.8) is 0 Å². The van der Waals surface area contributed by atoms with Gasteiger partial charge in [-0.25, -0.2) is 4.39 Å². The predicted molar refractivity (Wildman–Crippen MR) is 282 cm³/mol. The van der Waals surface area contributed by atoms with Crippen molar-refractivity contribution in [2.75, 3.05) is 69.7 Å². The molecule has 6 aliphatic heterocycles. The molecule has 1 amide bonds. The fraction of sp³-hybridized carbons (Fsp3) is 0.561. The number of phenolic OH excluding ortho intramolecular Hbond substituents is 2. The van der Waals surface area contributed by atoms with Crippen molar-refractivity contribution in [2.45, 2.75) is 117 Å². The topological polar surface area (TPSA) is 216 Å². The Morgan fingerprint density at radius 1 is 0.880 bits per heavy atom. The number of anilines is 2. The molecule has 0 aromatic heterocycles. The van der Waals surface area contributed by atoms with Crippen molar-refractivity contribution < 1.29 is 58.1 Å². The van der Waals surface area contributed by atoms with Crippen LogP contribution in [0.5, 0.6) is 17.2 Å². The summed E-state index contributed by atoms with van der Waals surface area (Å²) < 4.78 is 38.7. The molecule has 0 saturated carbocycles. The summed E-state index contributed by atoms with van der Waals surface area (Å²) >= 11 is 0. The van der Waals surface area contributed by atoms with Crippen molar-refractivity contribution in [3.8, 4) is 17.2 Å². The number of carbonyl (C=O) groups excluding carboxylic acids is 3. The molecule has 5 N–H and O–H groups in total. The van der Waals surface area contributed by atoms with Gasteiger partial charge in [0.1, 0.15) is 34.5 Å². The van der Waals surface area contributed by atoms with E-state index >= 15 is 0 Å². The van der Waals surface area contributed by atoms with Crippen LogP contribution in [-0.2, 0) is 23.8 Å². The number of phenols is 2. The molecular weight excluding hydrogens is 964 g/mol. The number of halogens is 1. The zero-order valence-corrected chi connectivity index (χ0v) is 44.9. The molecule has 6 heterocycles. The van der Waals surface area contributed by atoms with E-state index in [4.69, 9.17) is 28.9 Å². The van der Waals surface area contributed by atoms with Gasteiger partial charge in [0.15, 0.2) is 11.4 Å². The molecule has 18 heteroatoms. The molecule has 17 nitrogen and oxygen atoms in total. The zero-order chi connectivity index (χ0) is 54.3. The highest BCUT2D eigenvalue weighted by molar-refractivity contribution is 6.19. The minimum Gasteiger partial charge on any atom is -0.507 e. The molecule has 2 fully saturated rings. The van der Waals surface area contributed by atoms with Gasteiger partial charge in [0.05, 0.1) is 47.4 Å². The number of fused-ring (bicyclic) bond motifs is 13. The van der Waals surface area contributed by atoms with Gasteiger partial charge in [-0.15, -0.1) is 0 Å². The molecule has 2 saturated heterocycles. The summed E-state index contributed by atoms with van der Waals surface area (Å²) in [5.74, 6) is -7.10. The number of esters is 1. The summed E-state index contributed by atoms with van der Waals surface area (Å²) in [5, 5.41) is 51.2. The van der Waals surface area contributed by atoms with E-state index in [1.165, 1.54) is 32.4 Å². The Morgan fingerprint density at radius 2 is 1.57 bits per heavy atom. The maximum absolute atomic E-state index is 15.0. The first-order chi connectivity index (χ1) is 35.6. The molecule has 6 aliphatic rings. The van der Waals surface area contributed by atoms with Crippen LogP contribution in [0.2, 0.25) is 0 Å². The molecule has 5 bridgehead atoms. The Kier molecular flexibility index (Phi) is 16.5. The van der Waals surface area contributed by atoms with E-state index in [9.17, 15) is 39.2 Å². The van der Waals surface area contributed by atoms with Gasteiger partial charge in [0, 0.05) is 119 Å². The quantitative estimate of drug-likeness (QED) is 0.134. The average molecular weight is 1040 g/mol. The molecule has 406 valence electrons. The predicted octanol–water partition coefficient (Wildman–Crippen LogP) is 6.08. The molecule has 9 atom stereocenters. The first-order valence-electron chi connectivity index (χ1n) is 26.4. The number of ketones is 1. The van der Waals surface area contributed by atoms with Crippen LogP contribution in [0.4, 0.5) is 15.8 Å². The van der Waals surface area contributed by atoms with Gasteiger partial charge in [-0.1, -0.05) is 59.8 Å². The Labute approximate surface area is 438 Å². The molecule has 3 aromatic carbocycles. The summed E-state index contributed by atoms with van der Waals surface area (Å²) in [7, 11) is 1.48. The fourth-order valence-corrected chi connectivity index (χ4v) is 11.4. The molecule has 0 aliphatic carbocycles. The number of likely N-dealkylation sites (tertiary alicyclic amines) is 1. The normalized spacial score (nSPS) is 30.4. The standard InChI is InChI=1S/C57H75FN6O11/c1-31(2)29-63-24-20-57(21-25-63)60-45-42-43-50(68)37(8)53-44(42)54(70)56(9,75-53)73-28-19-40(72-10)34(5)52(74-41(65)30-62-22-12-23-64(27-26-62)39-17-15-38(58)16-18-39)36(7)49(67)35(6)48(66)32(3)13-11-14-33(4)55(71)59-47(51(43)69)46(45)61-57/h11,13-19,28,31-32,34-36,40,48-49,52,66-69H,12,20-27,29-30H2,1-10H3,(H,59,71)/b13-11+,28-19+,33-14-/t32-,34+,35+,36+,40-,48-,49+,52+,56-/m0/s1. The lowest BCUT2D eigenvalue weighted by atomic mass is 9.78. The number of aliphatic hydroxyl groups is 2. The minimum atomic E-state index is -2.00. The SMILES string of the molecule is CO[C@H]1/C=C/O[C@@]2(C)Oc3c(C)c(O)c4c(O)c(c5c(c4c3C2=O)=NC2(CCN(CC(C)C)CC2)N=5)NC(=O)/C(C)=C\C=C\[C@H](C)[C@H](O)[C@@H](C)[C@@H](O)[C@@H](C)[C@H](OC(=O)CN2CCCN(c3ccc(F)cc3)CC2)[C@@H]1C. The van der Waals surface area contributed by atoms with E-state index in [1.807, 2.05) is 11.8 Å². The second-order valence-electron chi connectivity index (χ2n) is 21.9. The highest BCUT2D eigenvalue weighted by Crippen LogP contribution is 2.50. The van der Waals surface area contributed by atoms with Gasteiger partial charge in [0.2, 0.25) is 0 Å². The summed E-state index contributed by atoms with van der Waals surface area (Å²) in [6.07, 6.45) is 5.52. The van der Waals surface area contributed by atoms with E-state index in [0.29, 0.717) is 51.5 Å². The molecule has 75 heavy (non-hydrogen) atoms. The number of ether oxygens (including phenoxy) is 4. The summed E-state index contributed by atoms with van der Waals surface area (Å²) in [6.45, 7) is 20.7. The van der Waals surface area contributed by atoms with Crippen LogP contribution in [0, 0.1) is 42.3 Å². The second-order valence-corrected chi connectivity index (χ2v) is 21.9. The third kappa shape index (κ3) is 11.2. The minimum absolute atomic E-state index is 0.0222. The van der Waals surface area contributed by atoms with E-state index in [-0.39, 0.29) is 67.7 Å². The number of hydrogen-bond acceptors (Lipinski definition) is 16. The van der Waals surface area contributed by atoms with Gasteiger partial charge in [-0.3, -0.25) is 29.3 Å². The summed E-state index contributed by atoms with van der Waals surface area (Å²) in [5.41, 5.74) is 0.247. The Hall–Kier alpha value is -5.92. The third-order valence-corrected chi connectivity index (χ3v) is 16.0. The van der Waals surface area contributed by atoms with Crippen LogP contribution in [-0.4, -0.2) is 143 Å². The van der Waals surface area contributed by atoms with Crippen LogP contribution in [0.25, 0.3) is 10.8 Å². The number of Topliss-reactive ketones (excluding diaryl/α,β-unsaturated/α-hetero) is 1. The number of carbonyl (C=O) groups is 3. The summed E-state index contributed by atoms with van der Waals surface area (Å²) in [4.78, 5) is 60.0. The van der Waals surface area contributed by atoms with Crippen LogP contribution < -0.4 is 25.7 Å². The van der Waals surface area contributed by atoms with Crippen LogP contribution in [0.1, 0.15) is 90.6 Å². The van der Waals surface area contributed by atoms with Gasteiger partial charge in [0.25, 0.3) is 11.7 Å². The second kappa shape index (κ2) is 22.3. The van der Waals surface area contributed by atoms with E-state index in [1.54, 1.807) is 71.1 Å². The van der Waals surface area contributed by atoms with E-state index in [2.05, 4.69) is 29.0 Å². The van der Waals surface area contributed by atoms with Gasteiger partial charge in [-0.2, -0.15) is 0 Å².